The van der Waals surface area contributed by atoms with Crippen molar-refractivity contribution in [3.05, 3.63) is 84.4 Å². The lowest BCUT2D eigenvalue weighted by Gasteiger charge is -2.34. The minimum atomic E-state index is -0.249. The van der Waals surface area contributed by atoms with Gasteiger partial charge < -0.3 is 5.32 Å². The highest BCUT2D eigenvalue weighted by Crippen LogP contribution is 2.31. The van der Waals surface area contributed by atoms with Gasteiger partial charge in [-0.05, 0) is 23.8 Å². The van der Waals surface area contributed by atoms with Gasteiger partial charge in [0.25, 0.3) is 0 Å². The van der Waals surface area contributed by atoms with Crippen molar-refractivity contribution in [1.82, 2.24) is 4.90 Å². The molecule has 6 nitrogen and oxygen atoms in total. The van der Waals surface area contributed by atoms with Gasteiger partial charge in [-0.2, -0.15) is 0 Å². The molecule has 1 N–H and O–H groups in total. The summed E-state index contributed by atoms with van der Waals surface area (Å²) in [5, 5.41) is 2.99. The Balaban J connectivity index is 1.41. The zero-order valence-electron chi connectivity index (χ0n) is 16.3. The Morgan fingerprint density at radius 1 is 0.900 bits per heavy atom. The molecule has 0 atom stereocenters. The van der Waals surface area contributed by atoms with Crippen LogP contribution in [0.1, 0.15) is 5.56 Å². The summed E-state index contributed by atoms with van der Waals surface area (Å²) in [4.78, 5) is 33.6. The van der Waals surface area contributed by atoms with Gasteiger partial charge in [0, 0.05) is 23.4 Å². The summed E-state index contributed by atoms with van der Waals surface area (Å²) in [7, 11) is 0. The standard InChI is InChI=1S/C24H20N4O2/c29-22(26-20-12-6-4-10-18(20)17-8-2-1-3-9-17)16-28-21-13-7-5-11-19(21)23-25-14-15-27(23)24(28)30/h1-13H,14-16H2,(H,26,29). The number of urea groups is 1. The Morgan fingerprint density at radius 3 is 2.43 bits per heavy atom. The number of fused-ring (bicyclic) bond motifs is 3. The first-order valence-corrected chi connectivity index (χ1v) is 9.89. The Kier molecular flexibility index (Phi) is 4.52. The predicted molar refractivity (Wildman–Crippen MR) is 118 cm³/mol. The molecule has 0 radical (unpaired) electrons. The van der Waals surface area contributed by atoms with Crippen LogP contribution in [0.2, 0.25) is 0 Å². The average Bonchev–Trinajstić information content (AvgIpc) is 3.28. The highest BCUT2D eigenvalue weighted by atomic mass is 16.2. The summed E-state index contributed by atoms with van der Waals surface area (Å²) in [6.07, 6.45) is 0. The summed E-state index contributed by atoms with van der Waals surface area (Å²) in [6.45, 7) is 1.06. The number of hydrogen-bond acceptors (Lipinski definition) is 3. The molecule has 30 heavy (non-hydrogen) atoms. The van der Waals surface area contributed by atoms with E-state index >= 15 is 0 Å². The molecule has 0 unspecified atom stereocenters. The van der Waals surface area contributed by atoms with Crippen molar-refractivity contribution in [3.63, 3.8) is 0 Å². The van der Waals surface area contributed by atoms with Crippen molar-refractivity contribution in [2.45, 2.75) is 0 Å². The molecule has 2 aliphatic heterocycles. The third-order valence-corrected chi connectivity index (χ3v) is 5.33. The number of rotatable bonds is 4. The average molecular weight is 396 g/mol. The van der Waals surface area contributed by atoms with Gasteiger partial charge in [0.05, 0.1) is 12.2 Å². The van der Waals surface area contributed by atoms with Crippen LogP contribution in [0.3, 0.4) is 0 Å². The maximum atomic E-state index is 13.0. The number of nitrogens with zero attached hydrogens (tertiary/aromatic N) is 3. The van der Waals surface area contributed by atoms with Crippen LogP contribution >= 0.6 is 0 Å². The molecule has 0 saturated heterocycles. The summed E-state index contributed by atoms with van der Waals surface area (Å²) in [5.74, 6) is 0.447. The number of amides is 3. The highest BCUT2D eigenvalue weighted by molar-refractivity contribution is 6.21. The zero-order chi connectivity index (χ0) is 20.5. The fourth-order valence-corrected chi connectivity index (χ4v) is 3.96. The lowest BCUT2D eigenvalue weighted by Crippen LogP contribution is -2.52. The number of carbonyl (C=O) groups is 2. The molecule has 148 valence electrons. The normalized spacial score (nSPS) is 14.8. The molecule has 0 bridgehead atoms. The van der Waals surface area contributed by atoms with E-state index in [1.807, 2.05) is 78.9 Å². The second-order valence-electron chi connectivity index (χ2n) is 7.20. The number of carbonyl (C=O) groups excluding carboxylic acids is 2. The van der Waals surface area contributed by atoms with Crippen molar-refractivity contribution in [2.24, 2.45) is 4.99 Å². The minimum absolute atomic E-state index is 0.0667. The van der Waals surface area contributed by atoms with Crippen LogP contribution in [0.25, 0.3) is 11.1 Å². The second kappa shape index (κ2) is 7.48. The summed E-state index contributed by atoms with van der Waals surface area (Å²) >= 11 is 0. The first-order chi connectivity index (χ1) is 14.7. The van der Waals surface area contributed by atoms with Gasteiger partial charge in [-0.15, -0.1) is 0 Å². The monoisotopic (exact) mass is 396 g/mol. The number of anilines is 2. The molecule has 6 heteroatoms. The molecule has 0 aromatic heterocycles. The van der Waals surface area contributed by atoms with Gasteiger partial charge in [-0.1, -0.05) is 60.7 Å². The minimum Gasteiger partial charge on any atom is -0.324 e. The molecule has 0 aliphatic carbocycles. The summed E-state index contributed by atoms with van der Waals surface area (Å²) in [6, 6.07) is 24.9. The lowest BCUT2D eigenvalue weighted by molar-refractivity contribution is -0.114. The third kappa shape index (κ3) is 3.12. The van der Waals surface area contributed by atoms with Crippen LogP contribution in [0.15, 0.2) is 83.9 Å². The number of amidine groups is 1. The smallest absolute Gasteiger partial charge is 0.324 e. The Morgan fingerprint density at radius 2 is 1.60 bits per heavy atom. The molecule has 0 fully saturated rings. The lowest BCUT2D eigenvalue weighted by atomic mass is 10.0. The van der Waals surface area contributed by atoms with E-state index in [4.69, 9.17) is 0 Å². The highest BCUT2D eigenvalue weighted by Gasteiger charge is 2.37. The van der Waals surface area contributed by atoms with Crippen LogP contribution < -0.4 is 10.2 Å². The van der Waals surface area contributed by atoms with E-state index < -0.39 is 0 Å². The van der Waals surface area contributed by atoms with Gasteiger partial charge in [0.15, 0.2) is 0 Å². The van der Waals surface area contributed by atoms with Gasteiger partial charge in [-0.3, -0.25) is 19.6 Å². The molecular weight excluding hydrogens is 376 g/mol. The number of para-hydroxylation sites is 2. The van der Waals surface area contributed by atoms with E-state index in [1.54, 1.807) is 4.90 Å². The Labute approximate surface area is 174 Å². The molecule has 0 spiro atoms. The first-order valence-electron chi connectivity index (χ1n) is 9.89. The number of benzene rings is 3. The van der Waals surface area contributed by atoms with Crippen LogP contribution in [0.4, 0.5) is 16.2 Å². The van der Waals surface area contributed by atoms with E-state index in [2.05, 4.69) is 10.3 Å². The molecule has 5 rings (SSSR count). The predicted octanol–water partition coefficient (Wildman–Crippen LogP) is 3.99. The van der Waals surface area contributed by atoms with Gasteiger partial charge in [0.1, 0.15) is 12.4 Å². The molecular formula is C24H20N4O2. The maximum absolute atomic E-state index is 13.0. The molecule has 2 heterocycles. The Hall–Kier alpha value is -3.93. The maximum Gasteiger partial charge on any atom is 0.330 e. The fourth-order valence-electron chi connectivity index (χ4n) is 3.96. The van der Waals surface area contributed by atoms with Crippen LogP contribution in [-0.2, 0) is 4.79 Å². The zero-order valence-corrected chi connectivity index (χ0v) is 16.3. The quantitative estimate of drug-likeness (QED) is 0.725. The third-order valence-electron chi connectivity index (χ3n) is 5.33. The topological polar surface area (TPSA) is 65.0 Å². The van der Waals surface area contributed by atoms with E-state index in [0.29, 0.717) is 24.6 Å². The molecule has 3 aromatic carbocycles. The SMILES string of the molecule is O=C(CN1C(=O)N2CCN=C2c2ccccc21)Nc1ccccc1-c1ccccc1. The van der Waals surface area contributed by atoms with Crippen LogP contribution in [0.5, 0.6) is 0 Å². The van der Waals surface area contributed by atoms with Crippen molar-refractivity contribution < 1.29 is 9.59 Å². The van der Waals surface area contributed by atoms with Gasteiger partial charge in [-0.25, -0.2) is 4.79 Å². The largest absolute Gasteiger partial charge is 0.330 e. The van der Waals surface area contributed by atoms with Crippen LogP contribution in [0, 0.1) is 0 Å². The first kappa shape index (κ1) is 18.1. The molecule has 2 aliphatic rings. The van der Waals surface area contributed by atoms with E-state index in [1.165, 1.54) is 4.90 Å². The van der Waals surface area contributed by atoms with E-state index in [-0.39, 0.29) is 18.5 Å². The van der Waals surface area contributed by atoms with Crippen molar-refractivity contribution in [1.29, 1.82) is 0 Å². The molecule has 0 saturated carbocycles. The fraction of sp³-hybridized carbons (Fsp3) is 0.125. The summed E-state index contributed by atoms with van der Waals surface area (Å²) < 4.78 is 0. The van der Waals surface area contributed by atoms with Crippen molar-refractivity contribution in [3.8, 4) is 11.1 Å². The molecule has 3 amide bonds. The van der Waals surface area contributed by atoms with E-state index in [9.17, 15) is 9.59 Å². The van der Waals surface area contributed by atoms with Crippen molar-refractivity contribution in [2.75, 3.05) is 29.9 Å². The van der Waals surface area contributed by atoms with Crippen LogP contribution in [-0.4, -0.2) is 42.3 Å². The van der Waals surface area contributed by atoms with Gasteiger partial charge >= 0.3 is 6.03 Å². The molecule has 3 aromatic rings. The van der Waals surface area contributed by atoms with Gasteiger partial charge in [0.2, 0.25) is 5.91 Å². The second-order valence-corrected chi connectivity index (χ2v) is 7.20. The number of hydrogen-bond donors (Lipinski definition) is 1. The Bertz CT molecular complexity index is 1160. The number of nitrogens with one attached hydrogen (secondary N) is 1. The van der Waals surface area contributed by atoms with Crippen molar-refractivity contribution >= 4 is 29.1 Å². The summed E-state index contributed by atoms with van der Waals surface area (Å²) in [5.41, 5.74) is 4.27. The number of aliphatic imine (C=N–C) groups is 1. The van der Waals surface area contributed by atoms with E-state index in [0.717, 1.165) is 22.4 Å².